The molecule has 0 spiro atoms. The summed E-state index contributed by atoms with van der Waals surface area (Å²) in [5, 5.41) is 13.3. The Morgan fingerprint density at radius 2 is 2.33 bits per heavy atom. The van der Waals surface area contributed by atoms with Crippen LogP contribution in [0, 0.1) is 6.92 Å². The van der Waals surface area contributed by atoms with Crippen molar-refractivity contribution >= 4 is 5.91 Å². The van der Waals surface area contributed by atoms with Gasteiger partial charge in [0.1, 0.15) is 12.4 Å². The first kappa shape index (κ1) is 16.4. The van der Waals surface area contributed by atoms with Crippen LogP contribution < -0.4 is 4.74 Å². The molecule has 128 valence electrons. The summed E-state index contributed by atoms with van der Waals surface area (Å²) in [6.07, 6.45) is 4.42. The lowest BCUT2D eigenvalue weighted by molar-refractivity contribution is 0.0493. The zero-order valence-corrected chi connectivity index (χ0v) is 13.6. The van der Waals surface area contributed by atoms with Gasteiger partial charge in [0.2, 0.25) is 0 Å². The summed E-state index contributed by atoms with van der Waals surface area (Å²) < 4.78 is 10.8. The Kier molecular flexibility index (Phi) is 5.10. The van der Waals surface area contributed by atoms with Gasteiger partial charge in [-0.25, -0.2) is 0 Å². The lowest BCUT2D eigenvalue weighted by Crippen LogP contribution is -2.45. The monoisotopic (exact) mass is 331 g/mol. The van der Waals surface area contributed by atoms with E-state index < -0.39 is 0 Å². The number of aryl methyl sites for hydroxylation is 1. The van der Waals surface area contributed by atoms with Crippen molar-refractivity contribution in [1.82, 2.24) is 15.0 Å². The van der Waals surface area contributed by atoms with E-state index in [9.17, 15) is 9.90 Å². The molecule has 1 N–H and O–H groups in total. The van der Waals surface area contributed by atoms with Crippen molar-refractivity contribution in [1.29, 1.82) is 0 Å². The number of aromatic nitrogens is 2. The number of nitrogens with zero attached hydrogens (tertiary/aromatic N) is 3. The highest BCUT2D eigenvalue weighted by molar-refractivity contribution is 5.92. The number of hydrogen-bond donors (Lipinski definition) is 1. The molecule has 1 fully saturated rings. The number of aliphatic hydroxyl groups is 1. The average Bonchev–Trinajstić information content (AvgIpc) is 3.09. The number of carbonyl (C=O) groups excluding carboxylic acids is 1. The molecule has 1 amide bonds. The maximum atomic E-state index is 12.5. The van der Waals surface area contributed by atoms with Gasteiger partial charge in [-0.05, 0) is 38.3 Å². The summed E-state index contributed by atoms with van der Waals surface area (Å²) in [6.45, 7) is 2.69. The Hall–Kier alpha value is -2.41. The molecule has 0 aromatic carbocycles. The number of rotatable bonds is 5. The van der Waals surface area contributed by atoms with Crippen LogP contribution in [0.15, 0.2) is 28.9 Å². The van der Waals surface area contributed by atoms with Gasteiger partial charge in [0, 0.05) is 18.3 Å². The van der Waals surface area contributed by atoms with Crippen LogP contribution in [0.5, 0.6) is 5.75 Å². The standard InChI is InChI=1S/C17H21N3O4/c1-12-5-6-14(9-18-12)23-11-15-8-16(19-24-15)17(22)20-7-3-2-4-13(20)10-21/h5-6,8-9,13,21H,2-4,7,10-11H2,1H3/t13-/m1/s1. The number of pyridine rings is 1. The van der Waals surface area contributed by atoms with E-state index in [-0.39, 0.29) is 30.9 Å². The predicted octanol–water partition coefficient (Wildman–Crippen LogP) is 1.94. The fourth-order valence-electron chi connectivity index (χ4n) is 2.78. The summed E-state index contributed by atoms with van der Waals surface area (Å²) in [5.41, 5.74) is 1.16. The van der Waals surface area contributed by atoms with Gasteiger partial charge in [-0.1, -0.05) is 5.16 Å². The Morgan fingerprint density at radius 3 is 3.08 bits per heavy atom. The number of likely N-dealkylation sites (tertiary alicyclic amines) is 1. The summed E-state index contributed by atoms with van der Waals surface area (Å²) >= 11 is 0. The average molecular weight is 331 g/mol. The molecule has 2 aromatic heterocycles. The molecule has 0 saturated carbocycles. The van der Waals surface area contributed by atoms with Gasteiger partial charge in [0.15, 0.2) is 11.5 Å². The highest BCUT2D eigenvalue weighted by atomic mass is 16.5. The fraction of sp³-hybridized carbons (Fsp3) is 0.471. The molecule has 1 aliphatic rings. The van der Waals surface area contributed by atoms with Crippen LogP contribution >= 0.6 is 0 Å². The maximum Gasteiger partial charge on any atom is 0.276 e. The summed E-state index contributed by atoms with van der Waals surface area (Å²) in [7, 11) is 0. The van der Waals surface area contributed by atoms with Gasteiger partial charge in [-0.2, -0.15) is 0 Å². The predicted molar refractivity (Wildman–Crippen MR) is 85.6 cm³/mol. The lowest BCUT2D eigenvalue weighted by Gasteiger charge is -2.33. The SMILES string of the molecule is Cc1ccc(OCc2cc(C(=O)N3CCCC[C@@H]3CO)no2)cn1. The molecule has 7 heteroatoms. The van der Waals surface area contributed by atoms with Crippen LogP contribution in [0.1, 0.15) is 41.2 Å². The maximum absolute atomic E-state index is 12.5. The molecule has 7 nitrogen and oxygen atoms in total. The van der Waals surface area contributed by atoms with E-state index >= 15 is 0 Å². The molecule has 1 saturated heterocycles. The molecule has 3 rings (SSSR count). The Morgan fingerprint density at radius 1 is 1.46 bits per heavy atom. The number of carbonyl (C=O) groups is 1. The first-order valence-corrected chi connectivity index (χ1v) is 8.10. The van der Waals surface area contributed by atoms with E-state index in [1.807, 2.05) is 19.1 Å². The van der Waals surface area contributed by atoms with E-state index in [4.69, 9.17) is 9.26 Å². The van der Waals surface area contributed by atoms with Crippen molar-refractivity contribution in [2.24, 2.45) is 0 Å². The molecular formula is C17H21N3O4. The van der Waals surface area contributed by atoms with Gasteiger partial charge >= 0.3 is 0 Å². The molecule has 1 aliphatic heterocycles. The van der Waals surface area contributed by atoms with Crippen LogP contribution in [0.25, 0.3) is 0 Å². The molecule has 3 heterocycles. The van der Waals surface area contributed by atoms with Crippen molar-refractivity contribution in [2.45, 2.75) is 38.8 Å². The summed E-state index contributed by atoms with van der Waals surface area (Å²) in [4.78, 5) is 18.4. The van der Waals surface area contributed by atoms with E-state index in [2.05, 4.69) is 10.1 Å². The number of hydrogen-bond acceptors (Lipinski definition) is 6. The summed E-state index contributed by atoms with van der Waals surface area (Å²) in [5.74, 6) is 0.887. The second-order valence-electron chi connectivity index (χ2n) is 5.93. The summed E-state index contributed by atoms with van der Waals surface area (Å²) in [6, 6.07) is 5.13. The van der Waals surface area contributed by atoms with E-state index in [0.717, 1.165) is 25.0 Å². The second kappa shape index (κ2) is 7.44. The van der Waals surface area contributed by atoms with Crippen LogP contribution in [0.2, 0.25) is 0 Å². The first-order valence-electron chi connectivity index (χ1n) is 8.10. The Bertz CT molecular complexity index is 683. The highest BCUT2D eigenvalue weighted by Crippen LogP contribution is 2.20. The van der Waals surface area contributed by atoms with Crippen LogP contribution in [-0.2, 0) is 6.61 Å². The molecular weight excluding hydrogens is 310 g/mol. The molecule has 0 aliphatic carbocycles. The molecule has 0 radical (unpaired) electrons. The van der Waals surface area contributed by atoms with Gasteiger partial charge < -0.3 is 19.3 Å². The van der Waals surface area contributed by atoms with Crippen LogP contribution in [0.4, 0.5) is 0 Å². The molecule has 0 unspecified atom stereocenters. The normalized spacial score (nSPS) is 17.8. The van der Waals surface area contributed by atoms with Crippen molar-refractivity contribution in [2.75, 3.05) is 13.2 Å². The third-order valence-corrected chi connectivity index (χ3v) is 4.14. The Balaban J connectivity index is 1.62. The zero-order valence-electron chi connectivity index (χ0n) is 13.6. The minimum absolute atomic E-state index is 0.0278. The third kappa shape index (κ3) is 3.73. The van der Waals surface area contributed by atoms with Crippen LogP contribution in [0.3, 0.4) is 0 Å². The van der Waals surface area contributed by atoms with Crippen molar-refractivity contribution in [3.63, 3.8) is 0 Å². The van der Waals surface area contributed by atoms with Crippen LogP contribution in [-0.4, -0.2) is 45.2 Å². The van der Waals surface area contributed by atoms with Crippen molar-refractivity contribution in [3.05, 3.63) is 41.5 Å². The van der Waals surface area contributed by atoms with E-state index in [0.29, 0.717) is 18.1 Å². The Labute approximate surface area is 140 Å². The minimum atomic E-state index is -0.208. The number of ether oxygens (including phenoxy) is 1. The molecule has 1 atom stereocenters. The molecule has 2 aromatic rings. The first-order chi connectivity index (χ1) is 11.7. The molecule has 0 bridgehead atoms. The van der Waals surface area contributed by atoms with E-state index in [1.54, 1.807) is 17.2 Å². The van der Waals surface area contributed by atoms with Crippen molar-refractivity contribution < 1.29 is 19.2 Å². The minimum Gasteiger partial charge on any atom is -0.484 e. The largest absolute Gasteiger partial charge is 0.484 e. The van der Waals surface area contributed by atoms with Gasteiger partial charge in [-0.15, -0.1) is 0 Å². The van der Waals surface area contributed by atoms with Gasteiger partial charge in [0.05, 0.1) is 18.8 Å². The lowest BCUT2D eigenvalue weighted by atomic mass is 10.0. The third-order valence-electron chi connectivity index (χ3n) is 4.14. The number of piperidine rings is 1. The quantitative estimate of drug-likeness (QED) is 0.901. The van der Waals surface area contributed by atoms with Gasteiger partial charge in [0.25, 0.3) is 5.91 Å². The van der Waals surface area contributed by atoms with Gasteiger partial charge in [-0.3, -0.25) is 9.78 Å². The van der Waals surface area contributed by atoms with E-state index in [1.165, 1.54) is 0 Å². The fourth-order valence-corrected chi connectivity index (χ4v) is 2.78. The number of aliphatic hydroxyl groups excluding tert-OH is 1. The van der Waals surface area contributed by atoms with Crippen molar-refractivity contribution in [3.8, 4) is 5.75 Å². The molecule has 24 heavy (non-hydrogen) atoms. The second-order valence-corrected chi connectivity index (χ2v) is 5.93. The topological polar surface area (TPSA) is 88.7 Å². The number of amides is 1. The highest BCUT2D eigenvalue weighted by Gasteiger charge is 2.28. The smallest absolute Gasteiger partial charge is 0.276 e. The zero-order chi connectivity index (χ0) is 16.9.